The minimum atomic E-state index is -0.354. The second kappa shape index (κ2) is 8.84. The van der Waals surface area contributed by atoms with Crippen LogP contribution in [0.4, 0.5) is 21.8 Å². The summed E-state index contributed by atoms with van der Waals surface area (Å²) in [6.07, 6.45) is 2.40. The highest BCUT2D eigenvalue weighted by Crippen LogP contribution is 2.27. The lowest BCUT2D eigenvalue weighted by molar-refractivity contribution is 0.354. The van der Waals surface area contributed by atoms with Gasteiger partial charge in [0.25, 0.3) is 0 Å². The van der Waals surface area contributed by atoms with Crippen molar-refractivity contribution in [2.24, 2.45) is 0 Å². The van der Waals surface area contributed by atoms with Gasteiger partial charge in [0.2, 0.25) is 5.95 Å². The number of methoxy groups -OCH3 is 2. The SMILES string of the molecule is COc1ccc(CCNc2ccnc(Nc3ccccc3F)n2)cc1OC. The molecule has 6 nitrogen and oxygen atoms in total. The van der Waals surface area contributed by atoms with Gasteiger partial charge in [0, 0.05) is 12.7 Å². The van der Waals surface area contributed by atoms with Gasteiger partial charge in [-0.15, -0.1) is 0 Å². The first kappa shape index (κ1) is 18.4. The molecule has 3 aromatic rings. The lowest BCUT2D eigenvalue weighted by atomic mass is 10.1. The van der Waals surface area contributed by atoms with E-state index >= 15 is 0 Å². The maximum atomic E-state index is 13.7. The number of benzene rings is 2. The first-order valence-electron chi connectivity index (χ1n) is 8.49. The molecule has 2 aromatic carbocycles. The molecule has 0 amide bonds. The number of halogens is 1. The Kier molecular flexibility index (Phi) is 6.04. The fraction of sp³-hybridized carbons (Fsp3) is 0.200. The second-order valence-electron chi connectivity index (χ2n) is 5.74. The van der Waals surface area contributed by atoms with Crippen molar-refractivity contribution >= 4 is 17.5 Å². The minimum Gasteiger partial charge on any atom is -0.493 e. The summed E-state index contributed by atoms with van der Waals surface area (Å²) >= 11 is 0. The van der Waals surface area contributed by atoms with Crippen LogP contribution in [0.3, 0.4) is 0 Å². The number of nitrogens with zero attached hydrogens (tertiary/aromatic N) is 2. The van der Waals surface area contributed by atoms with E-state index < -0.39 is 0 Å². The number of nitrogens with one attached hydrogen (secondary N) is 2. The average Bonchev–Trinajstić information content (AvgIpc) is 2.70. The molecule has 0 atom stereocenters. The van der Waals surface area contributed by atoms with Gasteiger partial charge < -0.3 is 20.1 Å². The van der Waals surface area contributed by atoms with Gasteiger partial charge in [-0.25, -0.2) is 9.37 Å². The topological polar surface area (TPSA) is 68.3 Å². The largest absolute Gasteiger partial charge is 0.493 e. The normalized spacial score (nSPS) is 10.3. The van der Waals surface area contributed by atoms with Gasteiger partial charge in [-0.05, 0) is 42.3 Å². The van der Waals surface area contributed by atoms with Gasteiger partial charge in [-0.1, -0.05) is 18.2 Å². The summed E-state index contributed by atoms with van der Waals surface area (Å²) in [4.78, 5) is 8.48. The van der Waals surface area contributed by atoms with E-state index in [-0.39, 0.29) is 5.82 Å². The fourth-order valence-corrected chi connectivity index (χ4v) is 2.57. The first-order valence-corrected chi connectivity index (χ1v) is 8.49. The van der Waals surface area contributed by atoms with Crippen molar-refractivity contribution in [1.29, 1.82) is 0 Å². The van der Waals surface area contributed by atoms with E-state index in [1.807, 2.05) is 18.2 Å². The Morgan fingerprint density at radius 3 is 2.59 bits per heavy atom. The number of para-hydroxylation sites is 1. The quantitative estimate of drug-likeness (QED) is 0.626. The molecule has 27 heavy (non-hydrogen) atoms. The highest BCUT2D eigenvalue weighted by atomic mass is 19.1. The van der Waals surface area contributed by atoms with Crippen molar-refractivity contribution in [3.63, 3.8) is 0 Å². The molecule has 140 valence electrons. The smallest absolute Gasteiger partial charge is 0.229 e. The maximum Gasteiger partial charge on any atom is 0.229 e. The monoisotopic (exact) mass is 368 g/mol. The predicted octanol–water partition coefficient (Wildman–Crippen LogP) is 4.03. The molecule has 1 heterocycles. The molecular formula is C20H21FN4O2. The predicted molar refractivity (Wildman–Crippen MR) is 103 cm³/mol. The molecule has 0 bridgehead atoms. The molecule has 0 unspecified atom stereocenters. The van der Waals surface area contributed by atoms with Crippen molar-refractivity contribution in [3.05, 3.63) is 66.1 Å². The summed E-state index contributed by atoms with van der Waals surface area (Å²) in [6, 6.07) is 14.0. The molecule has 2 N–H and O–H groups in total. The standard InChI is InChI=1S/C20H21FN4O2/c1-26-17-8-7-14(13-18(17)27-2)9-11-22-19-10-12-23-20(25-19)24-16-6-4-3-5-15(16)21/h3-8,10,12-13H,9,11H2,1-2H3,(H2,22,23,24,25). The van der Waals surface area contributed by atoms with Crippen LogP contribution in [0.2, 0.25) is 0 Å². The molecule has 0 fully saturated rings. The highest BCUT2D eigenvalue weighted by molar-refractivity contribution is 5.55. The number of aromatic nitrogens is 2. The third-order valence-corrected chi connectivity index (χ3v) is 3.94. The molecule has 0 aliphatic heterocycles. The van der Waals surface area contributed by atoms with Crippen molar-refractivity contribution in [1.82, 2.24) is 9.97 Å². The summed E-state index contributed by atoms with van der Waals surface area (Å²) in [7, 11) is 3.23. The Hall–Kier alpha value is -3.35. The van der Waals surface area contributed by atoms with Crippen LogP contribution < -0.4 is 20.1 Å². The van der Waals surface area contributed by atoms with Gasteiger partial charge in [0.05, 0.1) is 19.9 Å². The van der Waals surface area contributed by atoms with E-state index in [9.17, 15) is 4.39 Å². The van der Waals surface area contributed by atoms with Crippen molar-refractivity contribution in [2.45, 2.75) is 6.42 Å². The highest BCUT2D eigenvalue weighted by Gasteiger charge is 2.06. The second-order valence-corrected chi connectivity index (χ2v) is 5.74. The van der Waals surface area contributed by atoms with E-state index in [1.54, 1.807) is 44.7 Å². The van der Waals surface area contributed by atoms with Crippen LogP contribution in [0.15, 0.2) is 54.7 Å². The van der Waals surface area contributed by atoms with Crippen molar-refractivity contribution in [2.75, 3.05) is 31.4 Å². The Morgan fingerprint density at radius 2 is 1.81 bits per heavy atom. The van der Waals surface area contributed by atoms with E-state index in [2.05, 4.69) is 20.6 Å². The van der Waals surface area contributed by atoms with Crippen LogP contribution in [-0.4, -0.2) is 30.7 Å². The van der Waals surface area contributed by atoms with Crippen molar-refractivity contribution < 1.29 is 13.9 Å². The van der Waals surface area contributed by atoms with Crippen LogP contribution in [0.1, 0.15) is 5.56 Å². The third-order valence-electron chi connectivity index (χ3n) is 3.94. The van der Waals surface area contributed by atoms with E-state index in [1.165, 1.54) is 6.07 Å². The lowest BCUT2D eigenvalue weighted by Crippen LogP contribution is -2.08. The van der Waals surface area contributed by atoms with Gasteiger partial charge in [-0.2, -0.15) is 4.98 Å². The van der Waals surface area contributed by atoms with Crippen molar-refractivity contribution in [3.8, 4) is 11.5 Å². The number of hydrogen-bond acceptors (Lipinski definition) is 6. The Bertz CT molecular complexity index is 905. The van der Waals surface area contributed by atoms with Gasteiger partial charge >= 0.3 is 0 Å². The summed E-state index contributed by atoms with van der Waals surface area (Å²) < 4.78 is 24.3. The molecule has 0 aliphatic rings. The van der Waals surface area contributed by atoms with Gasteiger partial charge in [0.15, 0.2) is 11.5 Å². The van der Waals surface area contributed by atoms with Crippen LogP contribution in [0, 0.1) is 5.82 Å². The van der Waals surface area contributed by atoms with Crippen LogP contribution in [-0.2, 0) is 6.42 Å². The molecule has 0 spiro atoms. The fourth-order valence-electron chi connectivity index (χ4n) is 2.57. The summed E-state index contributed by atoms with van der Waals surface area (Å²) in [5.41, 5.74) is 1.44. The summed E-state index contributed by atoms with van der Waals surface area (Å²) in [5, 5.41) is 6.12. The number of anilines is 3. The van der Waals surface area contributed by atoms with E-state index in [0.717, 1.165) is 12.0 Å². The third kappa shape index (κ3) is 4.84. The van der Waals surface area contributed by atoms with Gasteiger partial charge in [0.1, 0.15) is 11.6 Å². The molecule has 0 radical (unpaired) electrons. The lowest BCUT2D eigenvalue weighted by Gasteiger charge is -2.11. The zero-order valence-electron chi connectivity index (χ0n) is 15.2. The maximum absolute atomic E-state index is 13.7. The van der Waals surface area contributed by atoms with E-state index in [4.69, 9.17) is 9.47 Å². The zero-order chi connectivity index (χ0) is 19.1. The Balaban J connectivity index is 1.60. The molecule has 0 aliphatic carbocycles. The summed E-state index contributed by atoms with van der Waals surface area (Å²) in [6.45, 7) is 0.672. The zero-order valence-corrected chi connectivity index (χ0v) is 15.2. The molecule has 7 heteroatoms. The minimum absolute atomic E-state index is 0.330. The molecule has 0 saturated carbocycles. The van der Waals surface area contributed by atoms with Gasteiger partial charge in [-0.3, -0.25) is 0 Å². The molecule has 1 aromatic heterocycles. The number of ether oxygens (including phenoxy) is 2. The first-order chi connectivity index (χ1) is 13.2. The molecule has 3 rings (SSSR count). The Labute approximate surface area is 157 Å². The number of hydrogen-bond donors (Lipinski definition) is 2. The van der Waals surface area contributed by atoms with Crippen LogP contribution in [0.5, 0.6) is 11.5 Å². The molecule has 0 saturated heterocycles. The van der Waals surface area contributed by atoms with Crippen LogP contribution >= 0.6 is 0 Å². The Morgan fingerprint density at radius 1 is 1.00 bits per heavy atom. The molecular weight excluding hydrogens is 347 g/mol. The van der Waals surface area contributed by atoms with E-state index in [0.29, 0.717) is 35.5 Å². The average molecular weight is 368 g/mol. The van der Waals surface area contributed by atoms with Crippen LogP contribution in [0.25, 0.3) is 0 Å². The number of rotatable bonds is 8. The summed E-state index contributed by atoms with van der Waals surface area (Å²) in [5.74, 6) is 2.04.